The fraction of sp³-hybridized carbons (Fsp3) is 0.577. The molecule has 1 aromatic carbocycles. The number of nitrogens with one attached hydrogen (secondary N) is 1. The molecule has 4 rings (SSSR count). The number of carbonyl (C=O) groups is 3. The van der Waals surface area contributed by atoms with Gasteiger partial charge in [0.2, 0.25) is 11.8 Å². The van der Waals surface area contributed by atoms with E-state index < -0.39 is 30.1 Å². The zero-order valence-corrected chi connectivity index (χ0v) is 20.4. The third-order valence-corrected chi connectivity index (χ3v) is 7.20. The summed E-state index contributed by atoms with van der Waals surface area (Å²) in [4.78, 5) is 40.0. The molecule has 2 aliphatic carbocycles. The maximum absolute atomic E-state index is 13.4. The Hall–Kier alpha value is -2.91. The van der Waals surface area contributed by atoms with E-state index in [1.54, 1.807) is 23.1 Å². The number of carbonyl (C=O) groups excluding carboxylic acids is 3. The first-order chi connectivity index (χ1) is 16.8. The van der Waals surface area contributed by atoms with Crippen molar-refractivity contribution in [3.05, 3.63) is 34.9 Å². The second kappa shape index (κ2) is 10.4. The lowest BCUT2D eigenvalue weighted by Gasteiger charge is -2.43. The number of benzene rings is 1. The number of hydrogen-bond donors (Lipinski definition) is 3. The van der Waals surface area contributed by atoms with Crippen LogP contribution in [0, 0.1) is 5.92 Å². The highest BCUT2D eigenvalue weighted by atomic mass is 16.5. The normalized spacial score (nSPS) is 25.4. The van der Waals surface area contributed by atoms with Crippen molar-refractivity contribution in [3.63, 3.8) is 0 Å². The Morgan fingerprint density at radius 2 is 2.00 bits per heavy atom. The van der Waals surface area contributed by atoms with E-state index >= 15 is 0 Å². The Bertz CT molecular complexity index is 1020. The summed E-state index contributed by atoms with van der Waals surface area (Å²) in [6.07, 6.45) is 4.10. The highest BCUT2D eigenvalue weighted by molar-refractivity contribution is 5.96. The molecule has 3 aliphatic rings. The van der Waals surface area contributed by atoms with E-state index in [2.05, 4.69) is 5.32 Å². The molecule has 190 valence electrons. The van der Waals surface area contributed by atoms with E-state index in [1.807, 2.05) is 13.8 Å². The summed E-state index contributed by atoms with van der Waals surface area (Å²) in [6.45, 7) is 3.49. The molecule has 0 saturated heterocycles. The fourth-order valence-corrected chi connectivity index (χ4v) is 5.58. The molecular formula is C26H34N2O7. The van der Waals surface area contributed by atoms with Crippen LogP contribution >= 0.6 is 0 Å². The van der Waals surface area contributed by atoms with Crippen molar-refractivity contribution in [3.8, 4) is 11.5 Å². The first-order valence-corrected chi connectivity index (χ1v) is 12.3. The number of fused-ring (bicyclic) bond motifs is 3. The molecule has 0 spiro atoms. The van der Waals surface area contributed by atoms with E-state index in [0.29, 0.717) is 34.5 Å². The molecule has 1 saturated carbocycles. The third-order valence-electron chi connectivity index (χ3n) is 7.20. The van der Waals surface area contributed by atoms with Gasteiger partial charge in [-0.2, -0.15) is 0 Å². The smallest absolute Gasteiger partial charge is 0.247 e. The van der Waals surface area contributed by atoms with E-state index in [0.717, 1.165) is 25.7 Å². The number of nitrogens with zero attached hydrogens (tertiary/aromatic N) is 1. The molecule has 0 unspecified atom stereocenters. The highest BCUT2D eigenvalue weighted by Gasteiger charge is 2.52. The predicted octanol–water partition coefficient (Wildman–Crippen LogP) is 1.56. The van der Waals surface area contributed by atoms with Crippen LogP contribution in [0.5, 0.6) is 11.5 Å². The standard InChI is InChI=1S/C26H34N2O7/c1-14(2)26(33)28(16-6-4-5-7-16)19-12-18(25(32)27-8-9-29)21-17-10-15(13-30)11-20(34-3)23(17)35-24(21)22(19)31/h10-14,16,19,21-22,24,29,31H,4-9H2,1-3H3,(H,27,32)/t19-,21+,22+,24+/m1/s1. The van der Waals surface area contributed by atoms with Gasteiger partial charge in [0, 0.05) is 35.2 Å². The molecule has 1 aliphatic heterocycles. The van der Waals surface area contributed by atoms with Crippen LogP contribution in [0.25, 0.3) is 0 Å². The monoisotopic (exact) mass is 486 g/mol. The van der Waals surface area contributed by atoms with E-state index in [1.165, 1.54) is 7.11 Å². The first kappa shape index (κ1) is 25.2. The van der Waals surface area contributed by atoms with Crippen molar-refractivity contribution in [2.45, 2.75) is 69.7 Å². The van der Waals surface area contributed by atoms with Crippen LogP contribution in [0.1, 0.15) is 61.4 Å². The summed E-state index contributed by atoms with van der Waals surface area (Å²) in [5, 5.41) is 23.5. The molecule has 3 N–H and O–H groups in total. The number of aliphatic hydroxyl groups excluding tert-OH is 2. The molecule has 2 amide bonds. The average Bonchev–Trinajstić information content (AvgIpc) is 3.52. The summed E-state index contributed by atoms with van der Waals surface area (Å²) < 4.78 is 11.7. The van der Waals surface area contributed by atoms with Crippen LogP contribution in [0.4, 0.5) is 0 Å². The van der Waals surface area contributed by atoms with Gasteiger partial charge < -0.3 is 29.9 Å². The van der Waals surface area contributed by atoms with E-state index in [-0.39, 0.29) is 31.0 Å². The van der Waals surface area contributed by atoms with Gasteiger partial charge in [0.15, 0.2) is 11.5 Å². The number of ether oxygens (including phenoxy) is 2. The fourth-order valence-electron chi connectivity index (χ4n) is 5.58. The number of amides is 2. The highest BCUT2D eigenvalue weighted by Crippen LogP contribution is 2.51. The lowest BCUT2D eigenvalue weighted by Crippen LogP contribution is -2.58. The van der Waals surface area contributed by atoms with Gasteiger partial charge in [0.25, 0.3) is 0 Å². The van der Waals surface area contributed by atoms with Gasteiger partial charge >= 0.3 is 0 Å². The Balaban J connectivity index is 1.83. The van der Waals surface area contributed by atoms with Gasteiger partial charge in [0.1, 0.15) is 18.5 Å². The van der Waals surface area contributed by atoms with Crippen molar-refractivity contribution >= 4 is 18.1 Å². The lowest BCUT2D eigenvalue weighted by atomic mass is 9.76. The van der Waals surface area contributed by atoms with Crippen LogP contribution < -0.4 is 14.8 Å². The summed E-state index contributed by atoms with van der Waals surface area (Å²) in [5.41, 5.74) is 1.27. The van der Waals surface area contributed by atoms with E-state index in [4.69, 9.17) is 9.47 Å². The predicted molar refractivity (Wildman–Crippen MR) is 127 cm³/mol. The zero-order chi connectivity index (χ0) is 25.3. The van der Waals surface area contributed by atoms with Gasteiger partial charge in [-0.05, 0) is 31.1 Å². The van der Waals surface area contributed by atoms with Gasteiger partial charge in [-0.1, -0.05) is 26.7 Å². The largest absolute Gasteiger partial charge is 0.493 e. The first-order valence-electron chi connectivity index (χ1n) is 12.3. The van der Waals surface area contributed by atoms with Crippen molar-refractivity contribution in [1.29, 1.82) is 0 Å². The molecule has 35 heavy (non-hydrogen) atoms. The SMILES string of the molecule is COc1cc(C=O)cc2c1O[C@@H]1[C@@H](O)[C@H](N(C(=O)C(C)C)C3CCCC3)C=C(C(=O)NCCO)[C@H]21. The molecule has 1 fully saturated rings. The van der Waals surface area contributed by atoms with Crippen molar-refractivity contribution in [1.82, 2.24) is 10.2 Å². The van der Waals surface area contributed by atoms with Crippen LogP contribution in [-0.2, 0) is 9.59 Å². The van der Waals surface area contributed by atoms with Crippen molar-refractivity contribution < 1.29 is 34.1 Å². The molecule has 1 aromatic rings. The number of hydrogen-bond acceptors (Lipinski definition) is 7. The zero-order valence-electron chi connectivity index (χ0n) is 20.4. The van der Waals surface area contributed by atoms with Crippen LogP contribution in [0.15, 0.2) is 23.8 Å². The molecule has 9 heteroatoms. The average molecular weight is 487 g/mol. The number of aldehydes is 1. The Morgan fingerprint density at radius 3 is 2.60 bits per heavy atom. The summed E-state index contributed by atoms with van der Waals surface area (Å²) in [6, 6.07) is 2.41. The Morgan fingerprint density at radius 1 is 1.29 bits per heavy atom. The van der Waals surface area contributed by atoms with Gasteiger partial charge in [-0.15, -0.1) is 0 Å². The maximum Gasteiger partial charge on any atom is 0.247 e. The summed E-state index contributed by atoms with van der Waals surface area (Å²) in [7, 11) is 1.46. The third kappa shape index (κ3) is 4.54. The minimum Gasteiger partial charge on any atom is -0.493 e. The minimum atomic E-state index is -1.10. The number of rotatable bonds is 8. The molecular weight excluding hydrogens is 452 g/mol. The van der Waals surface area contributed by atoms with Crippen LogP contribution in [0.3, 0.4) is 0 Å². The number of methoxy groups -OCH3 is 1. The molecule has 0 bridgehead atoms. The van der Waals surface area contributed by atoms with E-state index in [9.17, 15) is 24.6 Å². The van der Waals surface area contributed by atoms with Gasteiger partial charge in [0.05, 0.1) is 25.7 Å². The molecule has 9 nitrogen and oxygen atoms in total. The molecule has 1 heterocycles. The van der Waals surface area contributed by atoms with Crippen LogP contribution in [-0.4, -0.2) is 77.8 Å². The summed E-state index contributed by atoms with van der Waals surface area (Å²) in [5.74, 6) is -0.732. The second-order valence-electron chi connectivity index (χ2n) is 9.74. The Labute approximate surface area is 205 Å². The molecule has 0 radical (unpaired) electrons. The van der Waals surface area contributed by atoms with Crippen LogP contribution in [0.2, 0.25) is 0 Å². The number of aliphatic hydroxyl groups is 2. The second-order valence-corrected chi connectivity index (χ2v) is 9.74. The van der Waals surface area contributed by atoms with Crippen molar-refractivity contribution in [2.75, 3.05) is 20.3 Å². The van der Waals surface area contributed by atoms with Gasteiger partial charge in [-0.25, -0.2) is 0 Å². The quantitative estimate of drug-likeness (QED) is 0.476. The lowest BCUT2D eigenvalue weighted by molar-refractivity contribution is -0.143. The maximum atomic E-state index is 13.4. The van der Waals surface area contributed by atoms with Gasteiger partial charge in [-0.3, -0.25) is 14.4 Å². The topological polar surface area (TPSA) is 125 Å². The minimum absolute atomic E-state index is 0.0286. The Kier molecular flexibility index (Phi) is 7.47. The molecule has 0 aromatic heterocycles. The van der Waals surface area contributed by atoms with Crippen molar-refractivity contribution in [2.24, 2.45) is 5.92 Å². The summed E-state index contributed by atoms with van der Waals surface area (Å²) >= 11 is 0. The molecule has 4 atom stereocenters.